The highest BCUT2D eigenvalue weighted by Crippen LogP contribution is 2.37. The molecule has 33 heavy (non-hydrogen) atoms. The van der Waals surface area contributed by atoms with E-state index in [1.54, 1.807) is 18.2 Å². The monoisotopic (exact) mass is 458 g/mol. The number of rotatable bonds is 6. The number of benzene rings is 3. The fourth-order valence-corrected chi connectivity index (χ4v) is 8.83. The van der Waals surface area contributed by atoms with Crippen LogP contribution in [0.2, 0.25) is 5.04 Å². The maximum atomic E-state index is 13.4. The van der Waals surface area contributed by atoms with Crippen LogP contribution in [0.15, 0.2) is 95.8 Å². The Hall–Kier alpha value is -3.35. The molecule has 1 aromatic heterocycles. The van der Waals surface area contributed by atoms with Gasteiger partial charge in [-0.15, -0.1) is 0 Å². The summed E-state index contributed by atoms with van der Waals surface area (Å²) in [5, 5.41) is 8.99. The van der Waals surface area contributed by atoms with Crippen LogP contribution < -0.4 is 15.9 Å². The van der Waals surface area contributed by atoms with Crippen molar-refractivity contribution in [2.24, 2.45) is 0 Å². The van der Waals surface area contributed by atoms with Crippen LogP contribution in [0.5, 0.6) is 0 Å². The first-order valence-corrected chi connectivity index (χ1v) is 12.8. The molecule has 0 aliphatic carbocycles. The summed E-state index contributed by atoms with van der Waals surface area (Å²) in [5.41, 5.74) is 1.36. The maximum absolute atomic E-state index is 13.4. The van der Waals surface area contributed by atoms with Crippen molar-refractivity contribution in [3.63, 3.8) is 0 Å². The Labute approximate surface area is 194 Å². The van der Waals surface area contributed by atoms with Crippen LogP contribution in [0, 0.1) is 5.82 Å². The van der Waals surface area contributed by atoms with Gasteiger partial charge in [-0.2, -0.15) is 5.10 Å². The predicted molar refractivity (Wildman–Crippen MR) is 133 cm³/mol. The molecular formula is C27H27FN2O2Si. The Kier molecular flexibility index (Phi) is 6.40. The van der Waals surface area contributed by atoms with Crippen LogP contribution in [0.3, 0.4) is 0 Å². The van der Waals surface area contributed by atoms with E-state index >= 15 is 0 Å². The van der Waals surface area contributed by atoms with E-state index in [4.69, 9.17) is 4.43 Å². The van der Waals surface area contributed by atoms with Crippen molar-refractivity contribution in [3.8, 4) is 11.1 Å². The van der Waals surface area contributed by atoms with Crippen molar-refractivity contribution in [1.29, 1.82) is 0 Å². The van der Waals surface area contributed by atoms with Crippen molar-refractivity contribution < 1.29 is 8.82 Å². The Morgan fingerprint density at radius 3 is 1.94 bits per heavy atom. The van der Waals surface area contributed by atoms with Crippen molar-refractivity contribution in [2.75, 3.05) is 0 Å². The average Bonchev–Trinajstić information content (AvgIpc) is 2.82. The fourth-order valence-electron chi connectivity index (χ4n) is 4.31. The molecule has 0 spiro atoms. The normalized spacial score (nSPS) is 12.0. The fraction of sp³-hybridized carbons (Fsp3) is 0.185. The molecule has 3 aromatic carbocycles. The van der Waals surface area contributed by atoms with Gasteiger partial charge in [0.25, 0.3) is 13.9 Å². The molecule has 0 fully saturated rings. The Morgan fingerprint density at radius 1 is 0.879 bits per heavy atom. The Balaban J connectivity index is 1.77. The number of nitrogens with zero attached hydrogens (tertiary/aromatic N) is 1. The SMILES string of the molecule is CC(C)(C)[Si](OCc1cc(-c2ccc(F)cc2)c(=O)[nH]n1)(c1ccccc1)c1ccccc1. The van der Waals surface area contributed by atoms with Crippen molar-refractivity contribution in [1.82, 2.24) is 10.2 Å². The molecule has 0 bridgehead atoms. The van der Waals surface area contributed by atoms with Crippen molar-refractivity contribution >= 4 is 18.7 Å². The molecule has 168 valence electrons. The quantitative estimate of drug-likeness (QED) is 0.428. The summed E-state index contributed by atoms with van der Waals surface area (Å²) in [6.45, 7) is 6.87. The highest BCUT2D eigenvalue weighted by molar-refractivity contribution is 6.99. The molecule has 0 aliphatic heterocycles. The molecule has 4 nitrogen and oxygen atoms in total. The summed E-state index contributed by atoms with van der Waals surface area (Å²) < 4.78 is 20.3. The first-order chi connectivity index (χ1) is 15.8. The smallest absolute Gasteiger partial charge is 0.272 e. The third kappa shape index (κ3) is 4.58. The van der Waals surface area contributed by atoms with Gasteiger partial charge in [-0.05, 0) is 39.2 Å². The highest BCUT2D eigenvalue weighted by Gasteiger charge is 2.50. The van der Waals surface area contributed by atoms with Crippen LogP contribution in [0.4, 0.5) is 4.39 Å². The van der Waals surface area contributed by atoms with Gasteiger partial charge >= 0.3 is 0 Å². The van der Waals surface area contributed by atoms with E-state index in [0.29, 0.717) is 16.8 Å². The van der Waals surface area contributed by atoms with Crippen LogP contribution in [-0.2, 0) is 11.0 Å². The minimum Gasteiger partial charge on any atom is -0.401 e. The van der Waals surface area contributed by atoms with Gasteiger partial charge in [0, 0.05) is 0 Å². The van der Waals surface area contributed by atoms with Crippen LogP contribution in [0.25, 0.3) is 11.1 Å². The number of halogens is 1. The molecule has 4 aromatic rings. The number of hydrogen-bond donors (Lipinski definition) is 1. The van der Waals surface area contributed by atoms with Gasteiger partial charge in [-0.1, -0.05) is 93.6 Å². The molecular weight excluding hydrogens is 431 g/mol. The molecule has 0 saturated carbocycles. The second-order valence-electron chi connectivity index (χ2n) is 9.06. The van der Waals surface area contributed by atoms with Gasteiger partial charge in [0.1, 0.15) is 5.82 Å². The molecule has 0 aliphatic rings. The first kappa shape index (κ1) is 22.8. The molecule has 0 amide bonds. The standard InChI is InChI=1S/C27H27FN2O2Si/c1-27(2,3)33(23-10-6-4-7-11-23,24-12-8-5-9-13-24)32-19-22-18-25(26(31)30-29-22)20-14-16-21(28)17-15-20/h4-18H,19H2,1-3H3,(H,30,31). The zero-order valence-corrected chi connectivity index (χ0v) is 20.0. The van der Waals surface area contributed by atoms with Crippen LogP contribution >= 0.6 is 0 Å². The van der Waals surface area contributed by atoms with E-state index in [2.05, 4.69) is 55.2 Å². The van der Waals surface area contributed by atoms with Gasteiger partial charge in [0.05, 0.1) is 17.9 Å². The molecule has 4 rings (SSSR count). The lowest BCUT2D eigenvalue weighted by Crippen LogP contribution is -2.66. The lowest BCUT2D eigenvalue weighted by Gasteiger charge is -2.43. The van der Waals surface area contributed by atoms with E-state index in [-0.39, 0.29) is 23.0 Å². The third-order valence-electron chi connectivity index (χ3n) is 5.87. The topological polar surface area (TPSA) is 55.0 Å². The van der Waals surface area contributed by atoms with Gasteiger partial charge < -0.3 is 4.43 Å². The molecule has 6 heteroatoms. The van der Waals surface area contributed by atoms with Crippen LogP contribution in [0.1, 0.15) is 26.5 Å². The minimum absolute atomic E-state index is 0.169. The molecule has 1 heterocycles. The predicted octanol–water partition coefficient (Wildman–Crippen LogP) is 4.65. The minimum atomic E-state index is -2.73. The van der Waals surface area contributed by atoms with Crippen molar-refractivity contribution in [3.05, 3.63) is 113 Å². The molecule has 0 unspecified atom stereocenters. The lowest BCUT2D eigenvalue weighted by molar-refractivity contribution is 0.280. The van der Waals surface area contributed by atoms with Gasteiger partial charge in [0.2, 0.25) is 0 Å². The second kappa shape index (κ2) is 9.25. The summed E-state index contributed by atoms with van der Waals surface area (Å²) in [6.07, 6.45) is 0. The molecule has 0 saturated heterocycles. The Bertz CT molecular complexity index is 1230. The van der Waals surface area contributed by atoms with E-state index in [9.17, 15) is 9.18 Å². The molecule has 0 radical (unpaired) electrons. The third-order valence-corrected chi connectivity index (χ3v) is 10.8. The zero-order valence-electron chi connectivity index (χ0n) is 19.0. The average molecular weight is 459 g/mol. The number of H-pyrrole nitrogens is 1. The highest BCUT2D eigenvalue weighted by atomic mass is 28.4. The summed E-state index contributed by atoms with van der Waals surface area (Å²) in [7, 11) is -2.73. The van der Waals surface area contributed by atoms with Gasteiger partial charge in [-0.25, -0.2) is 9.49 Å². The van der Waals surface area contributed by atoms with E-state index < -0.39 is 8.32 Å². The largest absolute Gasteiger partial charge is 0.401 e. The van der Waals surface area contributed by atoms with E-state index in [1.165, 1.54) is 22.5 Å². The van der Waals surface area contributed by atoms with E-state index in [1.807, 2.05) is 36.4 Å². The summed E-state index contributed by atoms with van der Waals surface area (Å²) >= 11 is 0. The number of aromatic amines is 1. The molecule has 1 N–H and O–H groups in total. The number of hydrogen-bond acceptors (Lipinski definition) is 3. The maximum Gasteiger partial charge on any atom is 0.272 e. The lowest BCUT2D eigenvalue weighted by atomic mass is 10.1. The summed E-state index contributed by atoms with van der Waals surface area (Å²) in [4.78, 5) is 12.4. The number of aromatic nitrogens is 2. The Morgan fingerprint density at radius 2 is 1.42 bits per heavy atom. The second-order valence-corrected chi connectivity index (χ2v) is 13.4. The first-order valence-electron chi connectivity index (χ1n) is 10.9. The molecule has 0 atom stereocenters. The summed E-state index contributed by atoms with van der Waals surface area (Å²) in [5.74, 6) is -0.348. The summed E-state index contributed by atoms with van der Waals surface area (Å²) in [6, 6.07) is 28.3. The zero-order chi connectivity index (χ0) is 23.5. The number of nitrogens with one attached hydrogen (secondary N) is 1. The van der Waals surface area contributed by atoms with Crippen LogP contribution in [-0.4, -0.2) is 18.5 Å². The van der Waals surface area contributed by atoms with E-state index in [0.717, 1.165) is 0 Å². The van der Waals surface area contributed by atoms with Gasteiger partial charge in [0.15, 0.2) is 0 Å². The van der Waals surface area contributed by atoms with Gasteiger partial charge in [-0.3, -0.25) is 4.79 Å². The van der Waals surface area contributed by atoms with Crippen molar-refractivity contribution in [2.45, 2.75) is 32.4 Å².